The van der Waals surface area contributed by atoms with Crippen molar-refractivity contribution in [3.05, 3.63) is 22.9 Å². The number of alkyl halides is 1. The molecule has 1 aromatic heterocycles. The van der Waals surface area contributed by atoms with Crippen molar-refractivity contribution in [1.29, 1.82) is 0 Å². The highest BCUT2D eigenvalue weighted by molar-refractivity contribution is 9.10. The number of hydrogen-bond donors (Lipinski definition) is 0. The molecule has 0 N–H and O–H groups in total. The minimum Gasteiger partial charge on any atom is -0.368 e. The molecule has 0 radical (unpaired) electrons. The van der Waals surface area contributed by atoms with Crippen LogP contribution in [-0.4, -0.2) is 23.5 Å². The molecule has 4 heteroatoms. The molecular formula is C11H14BrClN2. The Kier molecular flexibility index (Phi) is 3.87. The molecule has 1 aromatic rings. The van der Waals surface area contributed by atoms with Crippen LogP contribution in [0.5, 0.6) is 0 Å². The number of halogens is 2. The Bertz CT molecular complexity index is 332. The van der Waals surface area contributed by atoms with Gasteiger partial charge in [-0.25, -0.2) is 0 Å². The third-order valence-corrected chi connectivity index (χ3v) is 3.71. The summed E-state index contributed by atoms with van der Waals surface area (Å²) in [5.41, 5.74) is 1.25. The van der Waals surface area contributed by atoms with Crippen LogP contribution in [0.2, 0.25) is 0 Å². The van der Waals surface area contributed by atoms with Crippen LogP contribution < -0.4 is 4.90 Å². The van der Waals surface area contributed by atoms with Crippen LogP contribution in [0.1, 0.15) is 19.3 Å². The molecular weight excluding hydrogens is 275 g/mol. The standard InChI is InChI=1S/C11H14BrClN2/c12-10-8-14-6-4-11(10)15-7-1-2-9(15)3-5-13/h4,6,8-9H,1-3,5,7H2. The van der Waals surface area contributed by atoms with Gasteiger partial charge in [0.2, 0.25) is 0 Å². The van der Waals surface area contributed by atoms with Gasteiger partial charge in [-0.2, -0.15) is 0 Å². The SMILES string of the molecule is ClCCC1CCCN1c1ccncc1Br. The van der Waals surface area contributed by atoms with E-state index in [9.17, 15) is 0 Å². The molecule has 2 nitrogen and oxygen atoms in total. The van der Waals surface area contributed by atoms with E-state index in [4.69, 9.17) is 11.6 Å². The summed E-state index contributed by atoms with van der Waals surface area (Å²) in [6.45, 7) is 1.13. The average molecular weight is 290 g/mol. The van der Waals surface area contributed by atoms with Gasteiger partial charge in [-0.3, -0.25) is 4.98 Å². The third-order valence-electron chi connectivity index (χ3n) is 2.88. The van der Waals surface area contributed by atoms with Gasteiger partial charge in [-0.05, 0) is 41.3 Å². The Balaban J connectivity index is 2.19. The van der Waals surface area contributed by atoms with E-state index in [0.29, 0.717) is 6.04 Å². The number of anilines is 1. The second-order valence-electron chi connectivity index (χ2n) is 3.79. The van der Waals surface area contributed by atoms with E-state index in [1.807, 2.05) is 12.4 Å². The molecule has 1 saturated heterocycles. The Morgan fingerprint density at radius 1 is 1.60 bits per heavy atom. The summed E-state index contributed by atoms with van der Waals surface area (Å²) in [4.78, 5) is 6.53. The summed E-state index contributed by atoms with van der Waals surface area (Å²) >= 11 is 9.37. The fourth-order valence-corrected chi connectivity index (χ4v) is 2.91. The van der Waals surface area contributed by atoms with Gasteiger partial charge in [0.1, 0.15) is 0 Å². The van der Waals surface area contributed by atoms with Gasteiger partial charge in [-0.15, -0.1) is 11.6 Å². The predicted molar refractivity (Wildman–Crippen MR) is 67.6 cm³/mol. The van der Waals surface area contributed by atoms with E-state index in [0.717, 1.165) is 23.3 Å². The predicted octanol–water partition coefficient (Wildman–Crippen LogP) is 3.44. The van der Waals surface area contributed by atoms with Gasteiger partial charge in [0, 0.05) is 30.9 Å². The molecule has 2 heterocycles. The van der Waals surface area contributed by atoms with E-state index in [1.54, 1.807) is 0 Å². The van der Waals surface area contributed by atoms with Crippen LogP contribution in [0.15, 0.2) is 22.9 Å². The Hall–Kier alpha value is -0.280. The normalized spacial score (nSPS) is 20.9. The van der Waals surface area contributed by atoms with Gasteiger partial charge in [0.05, 0.1) is 10.2 Å². The number of aromatic nitrogens is 1. The van der Waals surface area contributed by atoms with Crippen molar-refractivity contribution in [2.45, 2.75) is 25.3 Å². The molecule has 1 unspecified atom stereocenters. The third kappa shape index (κ3) is 2.45. The second-order valence-corrected chi connectivity index (χ2v) is 5.03. The lowest BCUT2D eigenvalue weighted by atomic mass is 10.1. The van der Waals surface area contributed by atoms with Crippen LogP contribution >= 0.6 is 27.5 Å². The number of pyridine rings is 1. The Morgan fingerprint density at radius 2 is 2.47 bits per heavy atom. The molecule has 1 fully saturated rings. The number of nitrogens with zero attached hydrogens (tertiary/aromatic N) is 2. The Labute approximate surface area is 104 Å². The molecule has 15 heavy (non-hydrogen) atoms. The molecule has 0 aliphatic carbocycles. The summed E-state index contributed by atoms with van der Waals surface area (Å²) in [5, 5.41) is 0. The first-order chi connectivity index (χ1) is 7.33. The fraction of sp³-hybridized carbons (Fsp3) is 0.545. The maximum absolute atomic E-state index is 5.82. The lowest BCUT2D eigenvalue weighted by Gasteiger charge is -2.27. The topological polar surface area (TPSA) is 16.1 Å². The molecule has 1 atom stereocenters. The van der Waals surface area contributed by atoms with Gasteiger partial charge in [0.25, 0.3) is 0 Å². The van der Waals surface area contributed by atoms with Crippen molar-refractivity contribution in [2.75, 3.05) is 17.3 Å². The van der Waals surface area contributed by atoms with E-state index in [1.165, 1.54) is 18.5 Å². The van der Waals surface area contributed by atoms with E-state index in [-0.39, 0.29) is 0 Å². The summed E-state index contributed by atoms with van der Waals surface area (Å²) in [6.07, 6.45) is 7.27. The van der Waals surface area contributed by atoms with Crippen molar-refractivity contribution in [2.24, 2.45) is 0 Å². The first kappa shape index (κ1) is 11.2. The average Bonchev–Trinajstić information content (AvgIpc) is 2.67. The minimum atomic E-state index is 0.598. The lowest BCUT2D eigenvalue weighted by Crippen LogP contribution is -2.29. The van der Waals surface area contributed by atoms with Crippen molar-refractivity contribution in [1.82, 2.24) is 4.98 Å². The fourth-order valence-electron chi connectivity index (χ4n) is 2.18. The van der Waals surface area contributed by atoms with Gasteiger partial charge < -0.3 is 4.90 Å². The lowest BCUT2D eigenvalue weighted by molar-refractivity contribution is 0.648. The van der Waals surface area contributed by atoms with E-state index in [2.05, 4.69) is 31.9 Å². The summed E-state index contributed by atoms with van der Waals surface area (Å²) < 4.78 is 1.08. The van der Waals surface area contributed by atoms with Gasteiger partial charge >= 0.3 is 0 Å². The van der Waals surface area contributed by atoms with Crippen molar-refractivity contribution >= 4 is 33.2 Å². The zero-order valence-electron chi connectivity index (χ0n) is 8.50. The molecule has 0 bridgehead atoms. The zero-order valence-corrected chi connectivity index (χ0v) is 10.8. The second kappa shape index (κ2) is 5.17. The molecule has 1 aliphatic heterocycles. The first-order valence-electron chi connectivity index (χ1n) is 5.25. The van der Waals surface area contributed by atoms with Gasteiger partial charge in [0.15, 0.2) is 0 Å². The molecule has 0 saturated carbocycles. The summed E-state index contributed by atoms with van der Waals surface area (Å²) in [5.74, 6) is 0.740. The van der Waals surface area contributed by atoms with E-state index < -0.39 is 0 Å². The smallest absolute Gasteiger partial charge is 0.0592 e. The maximum Gasteiger partial charge on any atom is 0.0592 e. The summed E-state index contributed by atoms with van der Waals surface area (Å²) in [6, 6.07) is 2.66. The highest BCUT2D eigenvalue weighted by atomic mass is 79.9. The van der Waals surface area contributed by atoms with E-state index >= 15 is 0 Å². The Morgan fingerprint density at radius 3 is 3.20 bits per heavy atom. The van der Waals surface area contributed by atoms with Gasteiger partial charge in [-0.1, -0.05) is 0 Å². The molecule has 0 spiro atoms. The summed E-state index contributed by atoms with van der Waals surface area (Å²) in [7, 11) is 0. The number of rotatable bonds is 3. The highest BCUT2D eigenvalue weighted by Gasteiger charge is 2.25. The molecule has 1 aliphatic rings. The van der Waals surface area contributed by atoms with Crippen LogP contribution in [-0.2, 0) is 0 Å². The zero-order chi connectivity index (χ0) is 10.7. The molecule has 0 aromatic carbocycles. The van der Waals surface area contributed by atoms with Crippen LogP contribution in [0, 0.1) is 0 Å². The quantitative estimate of drug-likeness (QED) is 0.793. The van der Waals surface area contributed by atoms with Crippen molar-refractivity contribution < 1.29 is 0 Å². The largest absolute Gasteiger partial charge is 0.368 e. The molecule has 0 amide bonds. The maximum atomic E-state index is 5.82. The van der Waals surface area contributed by atoms with Crippen LogP contribution in [0.4, 0.5) is 5.69 Å². The minimum absolute atomic E-state index is 0.598. The van der Waals surface area contributed by atoms with Crippen molar-refractivity contribution in [3.8, 4) is 0 Å². The van der Waals surface area contributed by atoms with Crippen LogP contribution in [0.25, 0.3) is 0 Å². The first-order valence-corrected chi connectivity index (χ1v) is 6.58. The molecule has 2 rings (SSSR count). The molecule has 82 valence electrons. The van der Waals surface area contributed by atoms with Crippen molar-refractivity contribution in [3.63, 3.8) is 0 Å². The highest BCUT2D eigenvalue weighted by Crippen LogP contribution is 2.32. The monoisotopic (exact) mass is 288 g/mol. The number of hydrogen-bond acceptors (Lipinski definition) is 2. The van der Waals surface area contributed by atoms with Crippen LogP contribution in [0.3, 0.4) is 0 Å².